The molecular weight excluding hydrogens is 254 g/mol. The third-order valence-electron chi connectivity index (χ3n) is 1.74. The normalized spacial score (nSPS) is 9.93. The number of rotatable bonds is 3. The van der Waals surface area contributed by atoms with Gasteiger partial charge < -0.3 is 9.84 Å². The van der Waals surface area contributed by atoms with Crippen LogP contribution in [-0.4, -0.2) is 17.1 Å². The summed E-state index contributed by atoms with van der Waals surface area (Å²) in [6.07, 6.45) is 0. The molecule has 1 N–H and O–H groups in total. The lowest BCUT2D eigenvalue weighted by molar-refractivity contribution is -0.385. The van der Waals surface area contributed by atoms with Gasteiger partial charge in [-0.3, -0.25) is 10.1 Å². The van der Waals surface area contributed by atoms with Crippen molar-refractivity contribution in [1.82, 2.24) is 0 Å². The number of ether oxygens (including phenoxy) is 1. The van der Waals surface area contributed by atoms with Crippen LogP contribution >= 0.6 is 15.9 Å². The summed E-state index contributed by atoms with van der Waals surface area (Å²) in [6.45, 7) is -0.314. The number of benzene rings is 1. The Labute approximate surface area is 88.6 Å². The van der Waals surface area contributed by atoms with E-state index in [1.807, 2.05) is 0 Å². The van der Waals surface area contributed by atoms with Crippen LogP contribution in [0, 0.1) is 10.1 Å². The number of halogens is 1. The first kappa shape index (κ1) is 10.9. The van der Waals surface area contributed by atoms with Crippen LogP contribution in [0.4, 0.5) is 5.69 Å². The molecule has 0 heterocycles. The predicted molar refractivity (Wildman–Crippen MR) is 53.3 cm³/mol. The quantitative estimate of drug-likeness (QED) is 0.666. The highest BCUT2D eigenvalue weighted by Crippen LogP contribution is 2.35. The Morgan fingerprint density at radius 2 is 2.29 bits per heavy atom. The third-order valence-corrected chi connectivity index (χ3v) is 2.48. The van der Waals surface area contributed by atoms with Gasteiger partial charge in [-0.15, -0.1) is 0 Å². The van der Waals surface area contributed by atoms with Crippen LogP contribution in [0.3, 0.4) is 0 Å². The first-order valence-corrected chi connectivity index (χ1v) is 4.51. The first-order valence-electron chi connectivity index (χ1n) is 3.72. The van der Waals surface area contributed by atoms with Gasteiger partial charge in [-0.05, 0) is 6.07 Å². The van der Waals surface area contributed by atoms with Crippen LogP contribution in [0.15, 0.2) is 16.6 Å². The average molecular weight is 262 g/mol. The molecule has 1 aromatic carbocycles. The Morgan fingerprint density at radius 3 is 2.71 bits per heavy atom. The Hall–Kier alpha value is -1.14. The summed E-state index contributed by atoms with van der Waals surface area (Å²) in [7, 11) is 1.33. The number of aliphatic hydroxyl groups is 1. The lowest BCUT2D eigenvalue weighted by Crippen LogP contribution is -1.99. The SMILES string of the molecule is COc1c([N+](=O)[O-])ccc(Br)c1CO. The number of methoxy groups -OCH3 is 1. The maximum absolute atomic E-state index is 10.6. The maximum atomic E-state index is 10.6. The number of nitrogens with zero attached hydrogens (tertiary/aromatic N) is 1. The smallest absolute Gasteiger partial charge is 0.311 e. The molecule has 1 aromatic rings. The van der Waals surface area contributed by atoms with Gasteiger partial charge in [0.05, 0.1) is 18.6 Å². The summed E-state index contributed by atoms with van der Waals surface area (Å²) in [5.74, 6) is 0.0897. The van der Waals surface area contributed by atoms with E-state index in [-0.39, 0.29) is 18.0 Å². The number of aliphatic hydroxyl groups excluding tert-OH is 1. The molecule has 0 aliphatic carbocycles. The number of nitro groups is 1. The van der Waals surface area contributed by atoms with E-state index in [2.05, 4.69) is 15.9 Å². The monoisotopic (exact) mass is 261 g/mol. The van der Waals surface area contributed by atoms with E-state index in [9.17, 15) is 10.1 Å². The van der Waals surface area contributed by atoms with Crippen molar-refractivity contribution < 1.29 is 14.8 Å². The fourth-order valence-electron chi connectivity index (χ4n) is 1.11. The molecule has 0 aliphatic heterocycles. The molecule has 0 bridgehead atoms. The lowest BCUT2D eigenvalue weighted by Gasteiger charge is -2.07. The van der Waals surface area contributed by atoms with Crippen molar-refractivity contribution in [3.8, 4) is 5.75 Å². The van der Waals surface area contributed by atoms with Crippen molar-refractivity contribution in [3.63, 3.8) is 0 Å². The van der Waals surface area contributed by atoms with Crippen molar-refractivity contribution >= 4 is 21.6 Å². The summed E-state index contributed by atoms with van der Waals surface area (Å²) in [6, 6.07) is 2.83. The van der Waals surface area contributed by atoms with Crippen LogP contribution in [0.25, 0.3) is 0 Å². The molecule has 6 heteroatoms. The van der Waals surface area contributed by atoms with Gasteiger partial charge in [0.15, 0.2) is 0 Å². The molecule has 1 rings (SSSR count). The molecule has 0 fully saturated rings. The molecule has 14 heavy (non-hydrogen) atoms. The molecule has 0 spiro atoms. The molecule has 0 atom stereocenters. The zero-order valence-corrected chi connectivity index (χ0v) is 8.94. The van der Waals surface area contributed by atoms with Crippen molar-refractivity contribution in [3.05, 3.63) is 32.3 Å². The van der Waals surface area contributed by atoms with E-state index >= 15 is 0 Å². The zero-order valence-electron chi connectivity index (χ0n) is 7.36. The molecule has 0 aliphatic rings. The van der Waals surface area contributed by atoms with Crippen molar-refractivity contribution in [2.45, 2.75) is 6.61 Å². The maximum Gasteiger partial charge on any atom is 0.311 e. The van der Waals surface area contributed by atoms with Gasteiger partial charge in [-0.2, -0.15) is 0 Å². The number of hydrogen-bond acceptors (Lipinski definition) is 4. The van der Waals surface area contributed by atoms with Gasteiger partial charge in [-0.25, -0.2) is 0 Å². The summed E-state index contributed by atoms with van der Waals surface area (Å²) < 4.78 is 5.46. The highest BCUT2D eigenvalue weighted by atomic mass is 79.9. The van der Waals surface area contributed by atoms with E-state index in [1.54, 1.807) is 0 Å². The van der Waals surface area contributed by atoms with E-state index in [4.69, 9.17) is 9.84 Å². The van der Waals surface area contributed by atoms with Crippen molar-refractivity contribution in [1.29, 1.82) is 0 Å². The van der Waals surface area contributed by atoms with Crippen LogP contribution < -0.4 is 4.74 Å². The molecular formula is C8H8BrNO4. The number of nitro benzene ring substituents is 1. The van der Waals surface area contributed by atoms with Crippen molar-refractivity contribution in [2.75, 3.05) is 7.11 Å². The molecule has 0 radical (unpaired) electrons. The summed E-state index contributed by atoms with van der Waals surface area (Å²) in [4.78, 5) is 10.0. The fraction of sp³-hybridized carbons (Fsp3) is 0.250. The lowest BCUT2D eigenvalue weighted by atomic mass is 10.2. The van der Waals surface area contributed by atoms with Gasteiger partial charge >= 0.3 is 5.69 Å². The highest BCUT2D eigenvalue weighted by Gasteiger charge is 2.20. The standard InChI is InChI=1S/C8H8BrNO4/c1-14-8-5(4-11)6(9)2-3-7(8)10(12)13/h2-3,11H,4H2,1H3. The number of hydrogen-bond donors (Lipinski definition) is 1. The van der Waals surface area contributed by atoms with Gasteiger partial charge in [0, 0.05) is 16.1 Å². The van der Waals surface area contributed by atoms with E-state index < -0.39 is 4.92 Å². The average Bonchev–Trinajstić information content (AvgIpc) is 2.16. The predicted octanol–water partition coefficient (Wildman–Crippen LogP) is 1.86. The van der Waals surface area contributed by atoms with Crippen LogP contribution in [0.1, 0.15) is 5.56 Å². The van der Waals surface area contributed by atoms with E-state index in [0.717, 1.165) is 0 Å². The second kappa shape index (κ2) is 4.39. The van der Waals surface area contributed by atoms with Gasteiger partial charge in [-0.1, -0.05) is 15.9 Å². The Balaban J connectivity index is 3.40. The largest absolute Gasteiger partial charge is 0.490 e. The third kappa shape index (κ3) is 1.85. The van der Waals surface area contributed by atoms with E-state index in [1.165, 1.54) is 19.2 Å². The van der Waals surface area contributed by atoms with E-state index in [0.29, 0.717) is 10.0 Å². The van der Waals surface area contributed by atoms with Gasteiger partial charge in [0.1, 0.15) is 0 Å². The second-order valence-corrected chi connectivity index (χ2v) is 3.35. The van der Waals surface area contributed by atoms with Gasteiger partial charge in [0.25, 0.3) is 0 Å². The topological polar surface area (TPSA) is 72.6 Å². The van der Waals surface area contributed by atoms with Crippen molar-refractivity contribution in [2.24, 2.45) is 0 Å². The minimum atomic E-state index is -0.551. The molecule has 0 saturated heterocycles. The Morgan fingerprint density at radius 1 is 1.64 bits per heavy atom. The van der Waals surface area contributed by atoms with Crippen LogP contribution in [0.2, 0.25) is 0 Å². The molecule has 0 amide bonds. The Bertz CT molecular complexity index is 367. The summed E-state index contributed by atoms with van der Waals surface area (Å²) in [5, 5.41) is 19.6. The second-order valence-electron chi connectivity index (χ2n) is 2.49. The highest BCUT2D eigenvalue weighted by molar-refractivity contribution is 9.10. The molecule has 5 nitrogen and oxygen atoms in total. The fourth-order valence-corrected chi connectivity index (χ4v) is 1.55. The zero-order chi connectivity index (χ0) is 10.7. The Kier molecular flexibility index (Phi) is 3.43. The summed E-state index contributed by atoms with van der Waals surface area (Å²) in [5.41, 5.74) is 0.224. The molecule has 0 unspecified atom stereocenters. The molecule has 0 saturated carbocycles. The van der Waals surface area contributed by atoms with Crippen LogP contribution in [0.5, 0.6) is 5.75 Å². The molecule has 0 aromatic heterocycles. The minimum absolute atomic E-state index is 0.0897. The minimum Gasteiger partial charge on any atom is -0.490 e. The first-order chi connectivity index (χ1) is 6.61. The molecule has 76 valence electrons. The summed E-state index contributed by atoms with van der Waals surface area (Å²) >= 11 is 3.17. The van der Waals surface area contributed by atoms with Gasteiger partial charge in [0.2, 0.25) is 5.75 Å². The van der Waals surface area contributed by atoms with Crippen LogP contribution in [-0.2, 0) is 6.61 Å².